The van der Waals surface area contributed by atoms with E-state index in [4.69, 9.17) is 14.6 Å². The predicted molar refractivity (Wildman–Crippen MR) is 92.8 cm³/mol. The molecule has 2 aliphatic rings. The Hall–Kier alpha value is -2.14. The summed E-state index contributed by atoms with van der Waals surface area (Å²) in [4.78, 5) is 12.4. The third-order valence-corrected chi connectivity index (χ3v) is 5.10. The summed E-state index contributed by atoms with van der Waals surface area (Å²) in [7, 11) is 0. The van der Waals surface area contributed by atoms with Crippen LogP contribution in [0.4, 0.5) is 0 Å². The minimum atomic E-state index is -0.101. The van der Waals surface area contributed by atoms with Gasteiger partial charge < -0.3 is 9.47 Å². The lowest BCUT2D eigenvalue weighted by molar-refractivity contribution is -0.150. The molecule has 1 aliphatic carbocycles. The normalized spacial score (nSPS) is 23.0. The number of aryl methyl sites for hydroxylation is 1. The highest BCUT2D eigenvalue weighted by molar-refractivity contribution is 5.73. The summed E-state index contributed by atoms with van der Waals surface area (Å²) in [5.41, 5.74) is 3.30. The largest absolute Gasteiger partial charge is 0.461 e. The number of esters is 1. The molecule has 0 amide bonds. The second-order valence-electron chi connectivity index (χ2n) is 6.94. The van der Waals surface area contributed by atoms with Crippen LogP contribution in [0, 0.1) is 5.92 Å². The monoisotopic (exact) mass is 340 g/mol. The molecular formula is C20H24N2O3. The molecule has 2 unspecified atom stereocenters. The van der Waals surface area contributed by atoms with E-state index in [1.54, 1.807) is 0 Å². The van der Waals surface area contributed by atoms with Gasteiger partial charge in [-0.05, 0) is 49.7 Å². The molecule has 1 fully saturated rings. The molecule has 0 bridgehead atoms. The van der Waals surface area contributed by atoms with E-state index in [2.05, 4.69) is 6.20 Å². The van der Waals surface area contributed by atoms with Crippen LogP contribution >= 0.6 is 0 Å². The van der Waals surface area contributed by atoms with E-state index in [1.807, 2.05) is 35.0 Å². The van der Waals surface area contributed by atoms with Gasteiger partial charge >= 0.3 is 5.97 Å². The molecule has 2 aromatic rings. The molecule has 4 rings (SSSR count). The number of hydrogen-bond donors (Lipinski definition) is 0. The lowest BCUT2D eigenvalue weighted by Crippen LogP contribution is -2.24. The van der Waals surface area contributed by atoms with E-state index in [-0.39, 0.29) is 18.1 Å². The Labute approximate surface area is 147 Å². The van der Waals surface area contributed by atoms with Gasteiger partial charge in [0.25, 0.3) is 0 Å². The molecule has 1 aliphatic heterocycles. The van der Waals surface area contributed by atoms with Crippen molar-refractivity contribution in [1.82, 2.24) is 9.78 Å². The molecule has 2 heterocycles. The first kappa shape index (κ1) is 16.3. The van der Waals surface area contributed by atoms with Crippen LogP contribution in [-0.2, 0) is 33.7 Å². The van der Waals surface area contributed by atoms with Gasteiger partial charge in [-0.3, -0.25) is 4.79 Å². The van der Waals surface area contributed by atoms with Gasteiger partial charge in [0.05, 0.1) is 11.6 Å². The molecule has 132 valence electrons. The summed E-state index contributed by atoms with van der Waals surface area (Å²) in [5, 5.41) is 4.70. The van der Waals surface area contributed by atoms with Gasteiger partial charge in [0, 0.05) is 12.8 Å². The second-order valence-corrected chi connectivity index (χ2v) is 6.94. The number of ether oxygens (including phenoxy) is 2. The van der Waals surface area contributed by atoms with Gasteiger partial charge in [-0.2, -0.15) is 5.10 Å². The average Bonchev–Trinajstić information content (AvgIpc) is 3.11. The molecule has 0 spiro atoms. The summed E-state index contributed by atoms with van der Waals surface area (Å²) < 4.78 is 13.3. The van der Waals surface area contributed by atoms with Crippen molar-refractivity contribution in [2.45, 2.75) is 51.4 Å². The number of rotatable bonds is 4. The molecule has 25 heavy (non-hydrogen) atoms. The van der Waals surface area contributed by atoms with Gasteiger partial charge in [0.1, 0.15) is 12.8 Å². The zero-order valence-electron chi connectivity index (χ0n) is 14.4. The van der Waals surface area contributed by atoms with Gasteiger partial charge in [-0.1, -0.05) is 30.3 Å². The van der Waals surface area contributed by atoms with E-state index in [0.29, 0.717) is 6.61 Å². The van der Waals surface area contributed by atoms with Crippen molar-refractivity contribution < 1.29 is 14.3 Å². The van der Waals surface area contributed by atoms with Crippen LogP contribution in [0.25, 0.3) is 0 Å². The first-order valence-electron chi connectivity index (χ1n) is 9.18. The molecule has 1 aromatic carbocycles. The van der Waals surface area contributed by atoms with Gasteiger partial charge in [0.15, 0.2) is 0 Å². The fraction of sp³-hybridized carbons (Fsp3) is 0.500. The van der Waals surface area contributed by atoms with Crippen molar-refractivity contribution >= 4 is 5.97 Å². The number of fused-ring (bicyclic) bond motifs is 1. The Morgan fingerprint density at radius 2 is 2.12 bits per heavy atom. The average molecular weight is 340 g/mol. The van der Waals surface area contributed by atoms with Crippen LogP contribution in [0.5, 0.6) is 0 Å². The molecule has 0 N–H and O–H groups in total. The van der Waals surface area contributed by atoms with Crippen LogP contribution in [0.15, 0.2) is 36.5 Å². The Balaban J connectivity index is 1.37. The predicted octanol–water partition coefficient (Wildman–Crippen LogP) is 3.43. The number of hydrogen-bond acceptors (Lipinski definition) is 4. The third-order valence-electron chi connectivity index (χ3n) is 5.10. The minimum absolute atomic E-state index is 0.0582. The van der Waals surface area contributed by atoms with Gasteiger partial charge in [-0.25, -0.2) is 4.68 Å². The number of benzene rings is 1. The van der Waals surface area contributed by atoms with Crippen molar-refractivity contribution in [2.24, 2.45) is 5.92 Å². The van der Waals surface area contributed by atoms with E-state index in [9.17, 15) is 4.79 Å². The zero-order valence-corrected chi connectivity index (χ0v) is 14.4. The van der Waals surface area contributed by atoms with Gasteiger partial charge in [0.2, 0.25) is 0 Å². The second kappa shape index (κ2) is 7.40. The summed E-state index contributed by atoms with van der Waals surface area (Å²) in [6.45, 7) is 1.15. The molecule has 5 heteroatoms. The smallest absolute Gasteiger partial charge is 0.309 e. The maximum atomic E-state index is 12.4. The lowest BCUT2D eigenvalue weighted by Gasteiger charge is -2.22. The number of aromatic nitrogens is 2. The summed E-state index contributed by atoms with van der Waals surface area (Å²) in [6.07, 6.45) is 7.82. The van der Waals surface area contributed by atoms with Crippen LogP contribution in [0.1, 0.15) is 48.7 Å². The molecule has 5 nitrogen and oxygen atoms in total. The van der Waals surface area contributed by atoms with Gasteiger partial charge in [-0.15, -0.1) is 0 Å². The Kier molecular flexibility index (Phi) is 4.83. The van der Waals surface area contributed by atoms with E-state index in [0.717, 1.165) is 50.0 Å². The van der Waals surface area contributed by atoms with Crippen molar-refractivity contribution in [3.05, 3.63) is 53.3 Å². The topological polar surface area (TPSA) is 53.3 Å². The highest BCUT2D eigenvalue weighted by Crippen LogP contribution is 2.29. The number of carbonyl (C=O) groups is 1. The molecule has 1 saturated heterocycles. The molecule has 0 radical (unpaired) electrons. The van der Waals surface area contributed by atoms with Crippen LogP contribution in [0.2, 0.25) is 0 Å². The quantitative estimate of drug-likeness (QED) is 0.800. The standard InChI is InChI=1S/C20H24N2O3/c23-20(25-14-15-6-2-1-3-7-15)16-9-10-18-17(12-16)13-22(21-18)19-8-4-5-11-24-19/h1-3,6-7,13,16,19H,4-5,8-12,14H2. The summed E-state index contributed by atoms with van der Waals surface area (Å²) in [5.74, 6) is -0.169. The van der Waals surface area contributed by atoms with Crippen LogP contribution in [0.3, 0.4) is 0 Å². The molecule has 0 saturated carbocycles. The first-order chi connectivity index (χ1) is 12.3. The molecule has 2 atom stereocenters. The third kappa shape index (κ3) is 3.76. The van der Waals surface area contributed by atoms with Crippen molar-refractivity contribution in [1.29, 1.82) is 0 Å². The van der Waals surface area contributed by atoms with Crippen molar-refractivity contribution in [3.63, 3.8) is 0 Å². The maximum absolute atomic E-state index is 12.4. The lowest BCUT2D eigenvalue weighted by atomic mass is 9.88. The summed E-state index contributed by atoms with van der Waals surface area (Å²) in [6, 6.07) is 9.82. The first-order valence-corrected chi connectivity index (χ1v) is 9.18. The van der Waals surface area contributed by atoms with E-state index in [1.165, 1.54) is 12.0 Å². The maximum Gasteiger partial charge on any atom is 0.309 e. The van der Waals surface area contributed by atoms with E-state index < -0.39 is 0 Å². The number of nitrogens with zero attached hydrogens (tertiary/aromatic N) is 2. The Morgan fingerprint density at radius 1 is 1.24 bits per heavy atom. The number of carbonyl (C=O) groups excluding carboxylic acids is 1. The fourth-order valence-electron chi connectivity index (χ4n) is 3.65. The highest BCUT2D eigenvalue weighted by Gasteiger charge is 2.29. The molecule has 1 aromatic heterocycles. The Morgan fingerprint density at radius 3 is 2.92 bits per heavy atom. The van der Waals surface area contributed by atoms with E-state index >= 15 is 0 Å². The fourth-order valence-corrected chi connectivity index (χ4v) is 3.65. The van der Waals surface area contributed by atoms with Crippen molar-refractivity contribution in [3.8, 4) is 0 Å². The summed E-state index contributed by atoms with van der Waals surface area (Å²) >= 11 is 0. The SMILES string of the molecule is O=C(OCc1ccccc1)C1CCc2nn(C3CCCCO3)cc2C1. The van der Waals surface area contributed by atoms with Crippen LogP contribution in [-0.4, -0.2) is 22.4 Å². The zero-order chi connectivity index (χ0) is 17.1. The van der Waals surface area contributed by atoms with Crippen molar-refractivity contribution in [2.75, 3.05) is 6.61 Å². The minimum Gasteiger partial charge on any atom is -0.461 e. The molecular weight excluding hydrogens is 316 g/mol. The highest BCUT2D eigenvalue weighted by atomic mass is 16.5. The Bertz CT molecular complexity index is 720. The van der Waals surface area contributed by atoms with Crippen LogP contribution < -0.4 is 0 Å².